The Morgan fingerprint density at radius 2 is 2.19 bits per heavy atom. The van der Waals surface area contributed by atoms with Crippen LogP contribution in [-0.2, 0) is 6.54 Å². The quantitative estimate of drug-likeness (QED) is 0.631. The highest BCUT2D eigenvalue weighted by atomic mass is 32.1. The molecule has 0 amide bonds. The minimum Gasteiger partial charge on any atom is -0.324 e. The number of aromatic nitrogens is 6. The fraction of sp³-hybridized carbons (Fsp3) is 0.143. The van der Waals surface area contributed by atoms with Gasteiger partial charge in [-0.2, -0.15) is 5.10 Å². The van der Waals surface area contributed by atoms with Gasteiger partial charge in [-0.1, -0.05) is 0 Å². The Hall–Kier alpha value is -2.54. The Morgan fingerprint density at radius 1 is 1.24 bits per heavy atom. The van der Waals surface area contributed by atoms with Crippen molar-refractivity contribution < 1.29 is 0 Å². The number of aromatic amines is 1. The van der Waals surface area contributed by atoms with Crippen LogP contribution in [0.25, 0.3) is 21.7 Å². The smallest absolute Gasteiger partial charge is 0.181 e. The maximum atomic E-state index is 4.46. The van der Waals surface area contributed by atoms with Gasteiger partial charge < -0.3 is 4.57 Å². The summed E-state index contributed by atoms with van der Waals surface area (Å²) in [6, 6.07) is 3.94. The van der Waals surface area contributed by atoms with Gasteiger partial charge in [-0.3, -0.25) is 5.10 Å². The zero-order chi connectivity index (χ0) is 14.2. The van der Waals surface area contributed by atoms with E-state index < -0.39 is 0 Å². The Bertz CT molecular complexity index is 903. The van der Waals surface area contributed by atoms with Crippen molar-refractivity contribution in [1.29, 1.82) is 0 Å². The van der Waals surface area contributed by atoms with Crippen molar-refractivity contribution in [2.75, 3.05) is 0 Å². The molecule has 6 nitrogen and oxygen atoms in total. The molecule has 4 aromatic heterocycles. The lowest BCUT2D eigenvalue weighted by atomic mass is 10.2. The minimum absolute atomic E-state index is 0.675. The average Bonchev–Trinajstić information content (AvgIpc) is 3.20. The molecule has 4 rings (SSSR count). The number of imidazole rings is 1. The fourth-order valence-corrected chi connectivity index (χ4v) is 3.17. The lowest BCUT2D eigenvalue weighted by Crippen LogP contribution is -2.02. The number of hydrogen-bond donors (Lipinski definition) is 1. The highest BCUT2D eigenvalue weighted by molar-refractivity contribution is 7.13. The van der Waals surface area contributed by atoms with Crippen molar-refractivity contribution in [3.63, 3.8) is 0 Å². The van der Waals surface area contributed by atoms with Gasteiger partial charge in [0.15, 0.2) is 11.5 Å². The Balaban J connectivity index is 1.76. The molecule has 0 bridgehead atoms. The zero-order valence-electron chi connectivity index (χ0n) is 11.3. The zero-order valence-corrected chi connectivity index (χ0v) is 12.1. The number of H-pyrrole nitrogens is 1. The molecule has 104 valence electrons. The summed E-state index contributed by atoms with van der Waals surface area (Å²) in [5.41, 5.74) is 4.62. The first-order valence-electron chi connectivity index (χ1n) is 6.52. The summed E-state index contributed by atoms with van der Waals surface area (Å²) in [6.45, 7) is 2.68. The molecule has 4 aromatic rings. The van der Waals surface area contributed by atoms with Gasteiger partial charge >= 0.3 is 0 Å². The van der Waals surface area contributed by atoms with Crippen LogP contribution in [0, 0.1) is 6.92 Å². The predicted octanol–water partition coefficient (Wildman–Crippen LogP) is 2.63. The van der Waals surface area contributed by atoms with E-state index in [0.29, 0.717) is 6.54 Å². The van der Waals surface area contributed by atoms with Gasteiger partial charge in [0.05, 0.1) is 28.3 Å². The van der Waals surface area contributed by atoms with Crippen molar-refractivity contribution in [2.45, 2.75) is 13.5 Å². The van der Waals surface area contributed by atoms with E-state index in [9.17, 15) is 0 Å². The number of aryl methyl sites for hydroxylation is 1. The standard InChI is InChI=1S/C14H12N6S/c1-9-12(21-8-17-9)14-16-5-6-20(14)7-11-10-3-2-4-15-13(10)19-18-11/h2-6,8H,7H2,1H3,(H,15,18,19). The number of nitrogens with one attached hydrogen (secondary N) is 1. The summed E-state index contributed by atoms with van der Waals surface area (Å²) in [5, 5.41) is 8.34. The lowest BCUT2D eigenvalue weighted by molar-refractivity contribution is 0.780. The van der Waals surface area contributed by atoms with E-state index in [0.717, 1.165) is 33.1 Å². The van der Waals surface area contributed by atoms with Gasteiger partial charge in [0.2, 0.25) is 0 Å². The molecule has 0 spiro atoms. The van der Waals surface area contributed by atoms with Crippen molar-refractivity contribution >= 4 is 22.4 Å². The Kier molecular flexibility index (Phi) is 2.78. The van der Waals surface area contributed by atoms with Crippen LogP contribution in [0.3, 0.4) is 0 Å². The van der Waals surface area contributed by atoms with Crippen molar-refractivity contribution in [1.82, 2.24) is 29.7 Å². The van der Waals surface area contributed by atoms with Gasteiger partial charge in [-0.05, 0) is 19.1 Å². The molecule has 0 saturated heterocycles. The molecule has 7 heteroatoms. The second-order valence-electron chi connectivity index (χ2n) is 4.72. The number of fused-ring (bicyclic) bond motifs is 1. The van der Waals surface area contributed by atoms with E-state index in [2.05, 4.69) is 29.7 Å². The maximum Gasteiger partial charge on any atom is 0.181 e. The largest absolute Gasteiger partial charge is 0.324 e. The van der Waals surface area contributed by atoms with Crippen LogP contribution >= 0.6 is 11.3 Å². The van der Waals surface area contributed by atoms with Gasteiger partial charge in [0.25, 0.3) is 0 Å². The highest BCUT2D eigenvalue weighted by Gasteiger charge is 2.13. The third kappa shape index (κ3) is 2.02. The van der Waals surface area contributed by atoms with Crippen LogP contribution in [0.15, 0.2) is 36.2 Å². The monoisotopic (exact) mass is 296 g/mol. The number of nitrogens with zero attached hydrogens (tertiary/aromatic N) is 5. The number of hydrogen-bond acceptors (Lipinski definition) is 5. The first kappa shape index (κ1) is 12.2. The van der Waals surface area contributed by atoms with Gasteiger partial charge in [-0.15, -0.1) is 11.3 Å². The maximum absolute atomic E-state index is 4.46. The van der Waals surface area contributed by atoms with E-state index >= 15 is 0 Å². The third-order valence-electron chi connectivity index (χ3n) is 3.40. The van der Waals surface area contributed by atoms with Crippen molar-refractivity contribution in [3.8, 4) is 10.7 Å². The molecule has 1 N–H and O–H groups in total. The molecular weight excluding hydrogens is 284 g/mol. The highest BCUT2D eigenvalue weighted by Crippen LogP contribution is 2.26. The molecule has 0 aliphatic heterocycles. The summed E-state index contributed by atoms with van der Waals surface area (Å²) in [6.07, 6.45) is 5.53. The molecule has 0 radical (unpaired) electrons. The third-order valence-corrected chi connectivity index (χ3v) is 4.33. The summed E-state index contributed by atoms with van der Waals surface area (Å²) < 4.78 is 2.10. The number of thiazole rings is 1. The topological polar surface area (TPSA) is 72.3 Å². The van der Waals surface area contributed by atoms with Crippen LogP contribution in [0.1, 0.15) is 11.4 Å². The van der Waals surface area contributed by atoms with Crippen molar-refractivity contribution in [3.05, 3.63) is 47.6 Å². The minimum atomic E-state index is 0.675. The molecule has 0 aromatic carbocycles. The fourth-order valence-electron chi connectivity index (χ4n) is 2.36. The summed E-state index contributed by atoms with van der Waals surface area (Å²) in [5.74, 6) is 0.932. The molecule has 0 atom stereocenters. The molecule has 0 aliphatic rings. The first-order valence-corrected chi connectivity index (χ1v) is 7.40. The van der Waals surface area contributed by atoms with E-state index in [1.165, 1.54) is 0 Å². The van der Waals surface area contributed by atoms with E-state index in [1.807, 2.05) is 37.0 Å². The van der Waals surface area contributed by atoms with E-state index in [4.69, 9.17) is 0 Å². The average molecular weight is 296 g/mol. The Labute approximate surface area is 124 Å². The van der Waals surface area contributed by atoms with Crippen LogP contribution in [0.5, 0.6) is 0 Å². The van der Waals surface area contributed by atoms with E-state index in [1.54, 1.807) is 17.5 Å². The van der Waals surface area contributed by atoms with Crippen LogP contribution in [-0.4, -0.2) is 29.7 Å². The molecule has 0 aliphatic carbocycles. The lowest BCUT2D eigenvalue weighted by Gasteiger charge is -2.05. The summed E-state index contributed by atoms with van der Waals surface area (Å²) >= 11 is 1.61. The van der Waals surface area contributed by atoms with Gasteiger partial charge in [-0.25, -0.2) is 15.0 Å². The van der Waals surface area contributed by atoms with Crippen LogP contribution < -0.4 is 0 Å². The summed E-state index contributed by atoms with van der Waals surface area (Å²) in [7, 11) is 0. The molecule has 0 saturated carbocycles. The normalized spacial score (nSPS) is 11.3. The summed E-state index contributed by atoms with van der Waals surface area (Å²) in [4.78, 5) is 14.1. The molecule has 0 unspecified atom stereocenters. The first-order chi connectivity index (χ1) is 10.3. The van der Waals surface area contributed by atoms with Gasteiger partial charge in [0.1, 0.15) is 0 Å². The second-order valence-corrected chi connectivity index (χ2v) is 5.58. The van der Waals surface area contributed by atoms with E-state index in [-0.39, 0.29) is 0 Å². The molecule has 21 heavy (non-hydrogen) atoms. The SMILES string of the molecule is Cc1ncsc1-c1nccn1Cc1[nH]nc2ncccc12. The molecular formula is C14H12N6S. The predicted molar refractivity (Wildman–Crippen MR) is 81.1 cm³/mol. The van der Waals surface area contributed by atoms with Gasteiger partial charge in [0, 0.05) is 24.0 Å². The number of rotatable bonds is 3. The second kappa shape index (κ2) is 4.78. The number of pyridine rings is 1. The van der Waals surface area contributed by atoms with Crippen molar-refractivity contribution in [2.24, 2.45) is 0 Å². The Morgan fingerprint density at radius 3 is 3.05 bits per heavy atom. The molecule has 4 heterocycles. The van der Waals surface area contributed by atoms with Crippen LogP contribution in [0.2, 0.25) is 0 Å². The molecule has 0 fully saturated rings. The van der Waals surface area contributed by atoms with Crippen LogP contribution in [0.4, 0.5) is 0 Å².